The summed E-state index contributed by atoms with van der Waals surface area (Å²) in [5, 5.41) is 0. The molecule has 2 rings (SSSR count). The van der Waals surface area contributed by atoms with Gasteiger partial charge in [0.15, 0.2) is 18.5 Å². The first-order valence-corrected chi connectivity index (χ1v) is 4.63. The fraction of sp³-hybridized carbons (Fsp3) is 0.273. The first-order chi connectivity index (χ1) is 7.33. The van der Waals surface area contributed by atoms with Gasteiger partial charge in [0.1, 0.15) is 0 Å². The van der Waals surface area contributed by atoms with E-state index in [1.54, 1.807) is 0 Å². The van der Waals surface area contributed by atoms with Crippen molar-refractivity contribution in [1.29, 1.82) is 0 Å². The lowest BCUT2D eigenvalue weighted by atomic mass is 10.0. The summed E-state index contributed by atoms with van der Waals surface area (Å²) in [6.07, 6.45) is 0.942. The number of esters is 1. The van der Waals surface area contributed by atoms with E-state index >= 15 is 0 Å². The first-order valence-electron chi connectivity index (χ1n) is 4.63. The Hall–Kier alpha value is -1.84. The molecule has 1 aromatic rings. The standard InChI is InChI=1S/C11H11NO3/c1-14-11(13)9-10(15-7-12-9)8-5-3-2-4-6-8/h2-7,9-10H,1H3/t9-,10+/m1/s1. The molecule has 0 unspecified atom stereocenters. The van der Waals surface area contributed by atoms with Crippen molar-refractivity contribution in [2.75, 3.05) is 7.11 Å². The maximum Gasteiger partial charge on any atom is 0.334 e. The van der Waals surface area contributed by atoms with Gasteiger partial charge in [0.2, 0.25) is 0 Å². The van der Waals surface area contributed by atoms with Gasteiger partial charge in [-0.25, -0.2) is 9.79 Å². The van der Waals surface area contributed by atoms with Crippen molar-refractivity contribution in [3.05, 3.63) is 35.9 Å². The Bertz CT molecular complexity index is 375. The average molecular weight is 205 g/mol. The molecule has 0 saturated heterocycles. The monoisotopic (exact) mass is 205 g/mol. The number of aliphatic imine (C=N–C) groups is 1. The zero-order valence-corrected chi connectivity index (χ0v) is 8.29. The molecule has 0 aromatic heterocycles. The summed E-state index contributed by atoms with van der Waals surface area (Å²) in [6, 6.07) is 8.91. The zero-order valence-electron chi connectivity index (χ0n) is 8.29. The van der Waals surface area contributed by atoms with Crippen molar-refractivity contribution < 1.29 is 14.3 Å². The number of rotatable bonds is 2. The second-order valence-corrected chi connectivity index (χ2v) is 3.19. The molecule has 1 aliphatic rings. The van der Waals surface area contributed by atoms with Gasteiger partial charge in [0, 0.05) is 0 Å². The molecule has 0 aliphatic carbocycles. The number of methoxy groups -OCH3 is 1. The predicted octanol–water partition coefficient (Wildman–Crippen LogP) is 1.33. The maximum absolute atomic E-state index is 11.4. The number of hydrogen-bond donors (Lipinski definition) is 0. The van der Waals surface area contributed by atoms with Gasteiger partial charge in [-0.1, -0.05) is 30.3 Å². The van der Waals surface area contributed by atoms with Crippen LogP contribution in [-0.4, -0.2) is 25.5 Å². The highest BCUT2D eigenvalue weighted by Gasteiger charge is 2.34. The molecule has 0 saturated carbocycles. The molecule has 2 atom stereocenters. The van der Waals surface area contributed by atoms with E-state index in [1.165, 1.54) is 13.5 Å². The highest BCUT2D eigenvalue weighted by molar-refractivity contribution is 5.80. The van der Waals surface area contributed by atoms with Crippen LogP contribution in [0.5, 0.6) is 0 Å². The molecule has 0 spiro atoms. The highest BCUT2D eigenvalue weighted by atomic mass is 16.5. The number of carbonyl (C=O) groups is 1. The normalized spacial score (nSPS) is 23.5. The van der Waals surface area contributed by atoms with Crippen molar-refractivity contribution in [2.45, 2.75) is 12.1 Å². The van der Waals surface area contributed by atoms with Crippen LogP contribution in [0.1, 0.15) is 11.7 Å². The predicted molar refractivity (Wildman–Crippen MR) is 54.6 cm³/mol. The van der Waals surface area contributed by atoms with Crippen LogP contribution < -0.4 is 0 Å². The van der Waals surface area contributed by atoms with Crippen LogP contribution in [0.2, 0.25) is 0 Å². The summed E-state index contributed by atoms with van der Waals surface area (Å²) in [5.74, 6) is -0.377. The Labute approximate surface area is 87.5 Å². The van der Waals surface area contributed by atoms with Crippen LogP contribution in [0, 0.1) is 0 Å². The van der Waals surface area contributed by atoms with Crippen LogP contribution >= 0.6 is 0 Å². The van der Waals surface area contributed by atoms with E-state index in [9.17, 15) is 4.79 Å². The summed E-state index contributed by atoms with van der Waals surface area (Å²) in [5.41, 5.74) is 0.922. The minimum atomic E-state index is -0.586. The van der Waals surface area contributed by atoms with Crippen molar-refractivity contribution in [3.8, 4) is 0 Å². The van der Waals surface area contributed by atoms with Crippen molar-refractivity contribution in [1.82, 2.24) is 0 Å². The zero-order chi connectivity index (χ0) is 10.7. The van der Waals surface area contributed by atoms with Crippen LogP contribution in [-0.2, 0) is 14.3 Å². The fourth-order valence-electron chi connectivity index (χ4n) is 1.53. The molecule has 4 nitrogen and oxygen atoms in total. The highest BCUT2D eigenvalue weighted by Crippen LogP contribution is 2.27. The fourth-order valence-corrected chi connectivity index (χ4v) is 1.53. The van der Waals surface area contributed by atoms with Gasteiger partial charge in [-0.2, -0.15) is 0 Å². The molecule has 0 bridgehead atoms. The van der Waals surface area contributed by atoms with Crippen LogP contribution in [0.3, 0.4) is 0 Å². The Balaban J connectivity index is 2.21. The van der Waals surface area contributed by atoms with Gasteiger partial charge in [-0.15, -0.1) is 0 Å². The van der Waals surface area contributed by atoms with Gasteiger partial charge in [0.25, 0.3) is 0 Å². The molecule has 0 amide bonds. The second kappa shape index (κ2) is 4.13. The molecular weight excluding hydrogens is 194 g/mol. The Morgan fingerprint density at radius 3 is 2.80 bits per heavy atom. The quantitative estimate of drug-likeness (QED) is 0.684. The minimum absolute atomic E-state index is 0.362. The lowest BCUT2D eigenvalue weighted by molar-refractivity contribution is -0.143. The molecule has 0 radical (unpaired) electrons. The third-order valence-electron chi connectivity index (χ3n) is 2.29. The Morgan fingerprint density at radius 1 is 1.40 bits per heavy atom. The summed E-state index contributed by atoms with van der Waals surface area (Å²) in [4.78, 5) is 15.3. The van der Waals surface area contributed by atoms with E-state index in [0.717, 1.165) is 5.56 Å². The summed E-state index contributed by atoms with van der Waals surface area (Å²) in [6.45, 7) is 0. The molecule has 4 heteroatoms. The van der Waals surface area contributed by atoms with Crippen molar-refractivity contribution in [2.24, 2.45) is 4.99 Å². The molecule has 1 aromatic carbocycles. The Kier molecular flexibility index (Phi) is 2.67. The van der Waals surface area contributed by atoms with Gasteiger partial charge in [0.05, 0.1) is 7.11 Å². The van der Waals surface area contributed by atoms with E-state index in [4.69, 9.17) is 4.74 Å². The number of nitrogens with zero attached hydrogens (tertiary/aromatic N) is 1. The summed E-state index contributed by atoms with van der Waals surface area (Å²) >= 11 is 0. The van der Waals surface area contributed by atoms with E-state index in [2.05, 4.69) is 9.73 Å². The number of hydrogen-bond acceptors (Lipinski definition) is 4. The molecule has 1 heterocycles. The molecule has 15 heavy (non-hydrogen) atoms. The molecule has 0 N–H and O–H groups in total. The SMILES string of the molecule is COC(=O)[C@@H]1N=CO[C@H]1c1ccccc1. The maximum atomic E-state index is 11.4. The third kappa shape index (κ3) is 1.83. The average Bonchev–Trinajstić information content (AvgIpc) is 2.78. The van der Waals surface area contributed by atoms with E-state index in [1.807, 2.05) is 30.3 Å². The van der Waals surface area contributed by atoms with Crippen molar-refractivity contribution in [3.63, 3.8) is 0 Å². The largest absolute Gasteiger partial charge is 0.473 e. The lowest BCUT2D eigenvalue weighted by Gasteiger charge is -2.15. The number of carbonyl (C=O) groups excluding carboxylic acids is 1. The molecule has 0 fully saturated rings. The van der Waals surface area contributed by atoms with Crippen LogP contribution in [0.15, 0.2) is 35.3 Å². The number of benzene rings is 1. The number of ether oxygens (including phenoxy) is 2. The van der Waals surface area contributed by atoms with Crippen LogP contribution in [0.25, 0.3) is 0 Å². The second-order valence-electron chi connectivity index (χ2n) is 3.19. The van der Waals surface area contributed by atoms with Gasteiger partial charge >= 0.3 is 5.97 Å². The smallest absolute Gasteiger partial charge is 0.334 e. The van der Waals surface area contributed by atoms with Gasteiger partial charge in [-0.05, 0) is 5.56 Å². The van der Waals surface area contributed by atoms with Gasteiger partial charge in [-0.3, -0.25) is 0 Å². The van der Waals surface area contributed by atoms with Crippen molar-refractivity contribution >= 4 is 12.4 Å². The van der Waals surface area contributed by atoms with Gasteiger partial charge < -0.3 is 9.47 Å². The molecule has 78 valence electrons. The van der Waals surface area contributed by atoms with Crippen LogP contribution in [0.4, 0.5) is 0 Å². The lowest BCUT2D eigenvalue weighted by Crippen LogP contribution is -2.25. The summed E-state index contributed by atoms with van der Waals surface area (Å²) in [7, 11) is 1.35. The Morgan fingerprint density at radius 2 is 2.13 bits per heavy atom. The molecule has 1 aliphatic heterocycles. The minimum Gasteiger partial charge on any atom is -0.473 e. The van der Waals surface area contributed by atoms with E-state index in [0.29, 0.717) is 0 Å². The summed E-state index contributed by atoms with van der Waals surface area (Å²) < 4.78 is 9.94. The molecular formula is C11H11NO3. The third-order valence-corrected chi connectivity index (χ3v) is 2.29. The van der Waals surface area contributed by atoms with E-state index < -0.39 is 6.04 Å². The topological polar surface area (TPSA) is 47.9 Å². The van der Waals surface area contributed by atoms with E-state index in [-0.39, 0.29) is 12.1 Å². The first kappa shape index (κ1) is 9.71.